The van der Waals surface area contributed by atoms with Gasteiger partial charge in [0.05, 0.1) is 17.1 Å². The maximum atomic E-state index is 4.52. The highest BCUT2D eigenvalue weighted by atomic mass is 15.1. The van der Waals surface area contributed by atoms with E-state index in [1.807, 2.05) is 0 Å². The van der Waals surface area contributed by atoms with E-state index >= 15 is 0 Å². The lowest BCUT2D eigenvalue weighted by Crippen LogP contribution is -2.27. The van der Waals surface area contributed by atoms with E-state index in [9.17, 15) is 0 Å². The van der Waals surface area contributed by atoms with Gasteiger partial charge in [-0.05, 0) is 6.92 Å². The van der Waals surface area contributed by atoms with E-state index in [0.29, 0.717) is 6.04 Å². The maximum Gasteiger partial charge on any atom is 0.0921 e. The van der Waals surface area contributed by atoms with Crippen LogP contribution < -0.4 is 5.32 Å². The third kappa shape index (κ3) is 2.65. The molecule has 0 aliphatic carbocycles. The Morgan fingerprint density at radius 2 is 1.47 bits per heavy atom. The van der Waals surface area contributed by atoms with Crippen molar-refractivity contribution >= 4 is 11.8 Å². The van der Waals surface area contributed by atoms with Crippen molar-refractivity contribution in [3.63, 3.8) is 0 Å². The quantitative estimate of drug-likeness (QED) is 0.768. The molecule has 1 N–H and O–H groups in total. The molecule has 1 aromatic rings. The predicted octanol–water partition coefficient (Wildman–Crippen LogP) is 3.90. The van der Waals surface area contributed by atoms with Crippen LogP contribution >= 0.6 is 0 Å². The summed E-state index contributed by atoms with van der Waals surface area (Å²) in [5.41, 5.74) is 4.46. The molecule has 104 valence electrons. The first-order valence-corrected chi connectivity index (χ1v) is 6.97. The molecule has 1 aliphatic rings. The third-order valence-corrected chi connectivity index (χ3v) is 3.36. The van der Waals surface area contributed by atoms with Crippen molar-refractivity contribution in [1.29, 1.82) is 0 Å². The summed E-state index contributed by atoms with van der Waals surface area (Å²) in [4.78, 5) is 0. The summed E-state index contributed by atoms with van der Waals surface area (Å²) in [5, 5.41) is 12.6. The second-order valence-electron chi connectivity index (χ2n) is 7.48. The SMILES string of the molecule is CC1C=Cc2c(C(C)(C)C)nnc(C(C)(C)C)c2N1. The number of anilines is 1. The van der Waals surface area contributed by atoms with Crippen molar-refractivity contribution in [2.45, 2.75) is 65.3 Å². The van der Waals surface area contributed by atoms with E-state index in [4.69, 9.17) is 0 Å². The van der Waals surface area contributed by atoms with Crippen LogP contribution in [0, 0.1) is 0 Å². The predicted molar refractivity (Wildman–Crippen MR) is 81.6 cm³/mol. The highest BCUT2D eigenvalue weighted by Crippen LogP contribution is 2.37. The lowest BCUT2D eigenvalue weighted by molar-refractivity contribution is 0.526. The molecule has 1 aromatic heterocycles. The molecule has 1 unspecified atom stereocenters. The van der Waals surface area contributed by atoms with Gasteiger partial charge in [0, 0.05) is 22.4 Å². The van der Waals surface area contributed by atoms with Crippen LogP contribution in [-0.4, -0.2) is 16.2 Å². The summed E-state index contributed by atoms with van der Waals surface area (Å²) in [6.45, 7) is 15.2. The zero-order valence-electron chi connectivity index (χ0n) is 13.1. The summed E-state index contributed by atoms with van der Waals surface area (Å²) < 4.78 is 0. The monoisotopic (exact) mass is 259 g/mol. The summed E-state index contributed by atoms with van der Waals surface area (Å²) in [5.74, 6) is 0. The molecule has 1 aliphatic heterocycles. The number of fused-ring (bicyclic) bond motifs is 1. The minimum atomic E-state index is -0.00853. The van der Waals surface area contributed by atoms with Crippen LogP contribution in [0.15, 0.2) is 6.08 Å². The van der Waals surface area contributed by atoms with Gasteiger partial charge in [-0.25, -0.2) is 0 Å². The summed E-state index contributed by atoms with van der Waals surface area (Å²) in [7, 11) is 0. The van der Waals surface area contributed by atoms with Gasteiger partial charge in [0.2, 0.25) is 0 Å². The smallest absolute Gasteiger partial charge is 0.0921 e. The van der Waals surface area contributed by atoms with E-state index in [1.54, 1.807) is 0 Å². The van der Waals surface area contributed by atoms with Gasteiger partial charge >= 0.3 is 0 Å². The van der Waals surface area contributed by atoms with Crippen LogP contribution in [0.2, 0.25) is 0 Å². The maximum absolute atomic E-state index is 4.52. The largest absolute Gasteiger partial charge is 0.377 e. The van der Waals surface area contributed by atoms with Crippen molar-refractivity contribution in [3.8, 4) is 0 Å². The van der Waals surface area contributed by atoms with Gasteiger partial charge in [0.15, 0.2) is 0 Å². The Balaban J connectivity index is 2.70. The summed E-state index contributed by atoms with van der Waals surface area (Å²) >= 11 is 0. The van der Waals surface area contributed by atoms with Gasteiger partial charge in [0.1, 0.15) is 0 Å². The molecule has 19 heavy (non-hydrogen) atoms. The minimum Gasteiger partial charge on any atom is -0.377 e. The van der Waals surface area contributed by atoms with Crippen molar-refractivity contribution in [2.75, 3.05) is 5.32 Å². The molecule has 3 nitrogen and oxygen atoms in total. The average Bonchev–Trinajstić information content (AvgIpc) is 2.24. The zero-order chi connectivity index (χ0) is 14.4. The molecule has 0 saturated heterocycles. The van der Waals surface area contributed by atoms with Gasteiger partial charge in [-0.15, -0.1) is 0 Å². The Morgan fingerprint density at radius 3 is 2.00 bits per heavy atom. The zero-order valence-corrected chi connectivity index (χ0v) is 13.1. The fourth-order valence-corrected chi connectivity index (χ4v) is 2.35. The molecule has 0 radical (unpaired) electrons. The lowest BCUT2D eigenvalue weighted by atomic mass is 9.83. The van der Waals surface area contributed by atoms with E-state index in [2.05, 4.69) is 76.1 Å². The Morgan fingerprint density at radius 1 is 0.947 bits per heavy atom. The number of hydrogen-bond donors (Lipinski definition) is 1. The van der Waals surface area contributed by atoms with E-state index in [-0.39, 0.29) is 10.8 Å². The summed E-state index contributed by atoms with van der Waals surface area (Å²) in [6.07, 6.45) is 4.38. The number of aromatic nitrogens is 2. The molecule has 0 bridgehead atoms. The van der Waals surface area contributed by atoms with Crippen LogP contribution in [0.25, 0.3) is 6.08 Å². The first kappa shape index (κ1) is 14.0. The number of rotatable bonds is 0. The van der Waals surface area contributed by atoms with Gasteiger partial charge in [0.25, 0.3) is 0 Å². The Labute approximate surface area is 116 Å². The second-order valence-corrected chi connectivity index (χ2v) is 7.48. The van der Waals surface area contributed by atoms with E-state index in [1.165, 1.54) is 5.56 Å². The van der Waals surface area contributed by atoms with E-state index < -0.39 is 0 Å². The third-order valence-electron chi connectivity index (χ3n) is 3.36. The number of hydrogen-bond acceptors (Lipinski definition) is 3. The highest BCUT2D eigenvalue weighted by molar-refractivity contribution is 5.75. The standard InChI is InChI=1S/C16H25N3/c1-10-8-9-11-12(17-10)14(16(5,6)7)19-18-13(11)15(2,3)4/h8-10,17H,1-7H3. The van der Waals surface area contributed by atoms with Crippen molar-refractivity contribution in [3.05, 3.63) is 23.0 Å². The van der Waals surface area contributed by atoms with Crippen LogP contribution in [0.1, 0.15) is 65.4 Å². The Hall–Kier alpha value is -1.38. The van der Waals surface area contributed by atoms with Crippen LogP contribution in [-0.2, 0) is 10.8 Å². The molecule has 1 atom stereocenters. The second kappa shape index (κ2) is 4.32. The molecule has 0 amide bonds. The first-order valence-electron chi connectivity index (χ1n) is 6.97. The topological polar surface area (TPSA) is 37.8 Å². The minimum absolute atomic E-state index is 0.0000950. The fourth-order valence-electron chi connectivity index (χ4n) is 2.35. The van der Waals surface area contributed by atoms with Gasteiger partial charge in [-0.2, -0.15) is 10.2 Å². The molecule has 3 heteroatoms. The molecule has 0 aromatic carbocycles. The normalized spacial score (nSPS) is 19.0. The Bertz CT molecular complexity index is 516. The van der Waals surface area contributed by atoms with Gasteiger partial charge < -0.3 is 5.32 Å². The van der Waals surface area contributed by atoms with Crippen LogP contribution in [0.5, 0.6) is 0 Å². The lowest BCUT2D eigenvalue weighted by Gasteiger charge is -2.30. The molecular weight excluding hydrogens is 234 g/mol. The number of nitrogens with one attached hydrogen (secondary N) is 1. The molecule has 0 spiro atoms. The summed E-state index contributed by atoms with van der Waals surface area (Å²) in [6, 6.07) is 0.339. The molecule has 2 rings (SSSR count). The van der Waals surface area contributed by atoms with Crippen molar-refractivity contribution in [1.82, 2.24) is 10.2 Å². The Kier molecular flexibility index (Phi) is 3.20. The molecule has 2 heterocycles. The van der Waals surface area contributed by atoms with Crippen LogP contribution in [0.3, 0.4) is 0 Å². The van der Waals surface area contributed by atoms with Crippen molar-refractivity contribution in [2.24, 2.45) is 0 Å². The first-order chi connectivity index (χ1) is 8.60. The molecular formula is C16H25N3. The molecule has 0 fully saturated rings. The van der Waals surface area contributed by atoms with Gasteiger partial charge in [-0.3, -0.25) is 0 Å². The van der Waals surface area contributed by atoms with Crippen LogP contribution in [0.4, 0.5) is 5.69 Å². The van der Waals surface area contributed by atoms with Crippen molar-refractivity contribution < 1.29 is 0 Å². The average molecular weight is 259 g/mol. The fraction of sp³-hybridized carbons (Fsp3) is 0.625. The van der Waals surface area contributed by atoms with Gasteiger partial charge in [-0.1, -0.05) is 53.7 Å². The number of nitrogens with zero attached hydrogens (tertiary/aromatic N) is 2. The molecule has 0 saturated carbocycles. The highest BCUT2D eigenvalue weighted by Gasteiger charge is 2.30. The van der Waals surface area contributed by atoms with E-state index in [0.717, 1.165) is 17.1 Å².